The van der Waals surface area contributed by atoms with Crippen LogP contribution >= 0.6 is 0 Å². The summed E-state index contributed by atoms with van der Waals surface area (Å²) in [6.07, 6.45) is 0.258. The third-order valence-electron chi connectivity index (χ3n) is 6.68. The number of nitrogens with one attached hydrogen (secondary N) is 2. The molecule has 0 spiro atoms. The van der Waals surface area contributed by atoms with Crippen molar-refractivity contribution < 1.29 is 33.0 Å². The number of carboxylic acid groups (broad SMARTS) is 1. The van der Waals surface area contributed by atoms with E-state index in [1.165, 1.54) is 0 Å². The molecular weight excluding hydrogens is 458 g/mol. The van der Waals surface area contributed by atoms with Crippen molar-refractivity contribution in [2.75, 3.05) is 6.61 Å². The van der Waals surface area contributed by atoms with Crippen LogP contribution in [0.1, 0.15) is 49.7 Å². The molecule has 1 saturated carbocycles. The molecule has 2 amide bonds. The average molecular weight is 487 g/mol. The number of rotatable bonds is 10. The van der Waals surface area contributed by atoms with Crippen molar-refractivity contribution in [3.63, 3.8) is 0 Å². The molecule has 186 valence electrons. The number of aliphatic carboxylic acids is 1. The first kappa shape index (κ1) is 24.6. The van der Waals surface area contributed by atoms with Crippen LogP contribution in [0.5, 0.6) is 0 Å². The van der Waals surface area contributed by atoms with Crippen LogP contribution in [0.2, 0.25) is 0 Å². The number of alkyl carbamates (subject to hydrolysis) is 1. The van der Waals surface area contributed by atoms with Crippen molar-refractivity contribution in [1.82, 2.24) is 10.6 Å². The third kappa shape index (κ3) is 5.28. The van der Waals surface area contributed by atoms with Gasteiger partial charge < -0.3 is 20.5 Å². The average Bonchev–Trinajstić information content (AvgIpc) is 3.63. The predicted molar refractivity (Wildman–Crippen MR) is 124 cm³/mol. The number of fused-ring (bicyclic) bond motifs is 3. The zero-order valence-electron chi connectivity index (χ0n) is 19.3. The van der Waals surface area contributed by atoms with Gasteiger partial charge >= 0.3 is 18.0 Å². The summed E-state index contributed by atoms with van der Waals surface area (Å²) in [6.45, 7) is 1.85. The minimum atomic E-state index is -4.06. The zero-order chi connectivity index (χ0) is 25.2. The van der Waals surface area contributed by atoms with E-state index in [9.17, 15) is 23.2 Å². The van der Waals surface area contributed by atoms with Gasteiger partial charge in [-0.1, -0.05) is 55.5 Å². The van der Waals surface area contributed by atoms with E-state index in [2.05, 4.69) is 10.6 Å². The Hall–Kier alpha value is -3.49. The Kier molecular flexibility index (Phi) is 7.05. The van der Waals surface area contributed by atoms with Gasteiger partial charge in [-0.3, -0.25) is 4.79 Å². The first-order chi connectivity index (χ1) is 16.7. The molecule has 2 aromatic rings. The lowest BCUT2D eigenvalue weighted by Gasteiger charge is -2.25. The van der Waals surface area contributed by atoms with Gasteiger partial charge in [-0.2, -0.15) is 8.78 Å². The highest BCUT2D eigenvalue weighted by Gasteiger charge is 2.54. The zero-order valence-corrected chi connectivity index (χ0v) is 19.3. The number of carbonyl (C=O) groups excluding carboxylic acids is 2. The largest absolute Gasteiger partial charge is 0.477 e. The van der Waals surface area contributed by atoms with Crippen LogP contribution in [0.3, 0.4) is 0 Å². The SMILES string of the molecule is CC[C@H](CC(=O)NC(C1CC1)C(F)(F)C(=O)O)NC(=O)OCC1c2ccccc2-c2ccccc21. The van der Waals surface area contributed by atoms with Gasteiger partial charge in [-0.05, 0) is 47.4 Å². The van der Waals surface area contributed by atoms with Crippen molar-refractivity contribution in [2.24, 2.45) is 5.92 Å². The van der Waals surface area contributed by atoms with Crippen molar-refractivity contribution in [2.45, 2.75) is 56.5 Å². The number of hydrogen-bond donors (Lipinski definition) is 3. The number of alkyl halides is 2. The number of hydrogen-bond acceptors (Lipinski definition) is 4. The summed E-state index contributed by atoms with van der Waals surface area (Å²) in [5.41, 5.74) is 4.34. The highest BCUT2D eigenvalue weighted by Crippen LogP contribution is 2.44. The summed E-state index contributed by atoms with van der Waals surface area (Å²) >= 11 is 0. The Morgan fingerprint density at radius 3 is 2.11 bits per heavy atom. The maximum atomic E-state index is 14.0. The monoisotopic (exact) mass is 486 g/mol. The minimum Gasteiger partial charge on any atom is -0.477 e. The van der Waals surface area contributed by atoms with Gasteiger partial charge in [0.25, 0.3) is 0 Å². The second-order valence-corrected chi connectivity index (χ2v) is 9.09. The molecule has 2 aliphatic rings. The first-order valence-electron chi connectivity index (χ1n) is 11.7. The van der Waals surface area contributed by atoms with Crippen molar-refractivity contribution in [3.8, 4) is 11.1 Å². The summed E-state index contributed by atoms with van der Waals surface area (Å²) in [5.74, 6) is -7.75. The molecule has 0 radical (unpaired) electrons. The topological polar surface area (TPSA) is 105 Å². The molecule has 4 rings (SSSR count). The van der Waals surface area contributed by atoms with E-state index < -0.39 is 41.9 Å². The van der Waals surface area contributed by atoms with Gasteiger partial charge in [0.05, 0.1) is 0 Å². The normalized spacial score (nSPS) is 16.5. The summed E-state index contributed by atoms with van der Waals surface area (Å²) < 4.78 is 33.6. The lowest BCUT2D eigenvalue weighted by molar-refractivity contribution is -0.171. The molecule has 0 aromatic heterocycles. The molecule has 1 fully saturated rings. The smallest absolute Gasteiger partial charge is 0.407 e. The molecular formula is C26H28F2N2O5. The highest BCUT2D eigenvalue weighted by molar-refractivity contribution is 5.82. The van der Waals surface area contributed by atoms with Gasteiger partial charge in [0.15, 0.2) is 0 Å². The standard InChI is InChI=1S/C26H28F2N2O5/c1-2-16(13-22(31)30-23(15-11-12-15)26(27,28)24(32)33)29-25(34)35-14-21-19-9-5-3-7-17(19)18-8-4-6-10-20(18)21/h3-10,15-16,21,23H,2,11-14H2,1H3,(H,29,34)(H,30,31)(H,32,33)/t16-,23?/m1/s1. The second-order valence-electron chi connectivity index (χ2n) is 9.09. The van der Waals surface area contributed by atoms with Crippen LogP contribution < -0.4 is 10.6 Å². The Bertz CT molecular complexity index is 1070. The summed E-state index contributed by atoms with van der Waals surface area (Å²) in [4.78, 5) is 35.9. The number of benzene rings is 2. The fraction of sp³-hybridized carbons (Fsp3) is 0.423. The van der Waals surface area contributed by atoms with Crippen molar-refractivity contribution in [1.29, 1.82) is 0 Å². The maximum absolute atomic E-state index is 14.0. The van der Waals surface area contributed by atoms with E-state index in [0.717, 1.165) is 22.3 Å². The van der Waals surface area contributed by atoms with Crippen LogP contribution in [0, 0.1) is 5.92 Å². The molecule has 9 heteroatoms. The molecule has 0 bridgehead atoms. The Balaban J connectivity index is 1.33. The number of amides is 2. The number of ether oxygens (including phenoxy) is 1. The van der Waals surface area contributed by atoms with Crippen LogP contribution in [0.25, 0.3) is 11.1 Å². The molecule has 2 aromatic carbocycles. The van der Waals surface area contributed by atoms with Crippen molar-refractivity contribution in [3.05, 3.63) is 59.7 Å². The molecule has 2 aliphatic carbocycles. The third-order valence-corrected chi connectivity index (χ3v) is 6.68. The molecule has 35 heavy (non-hydrogen) atoms. The molecule has 2 atom stereocenters. The predicted octanol–water partition coefficient (Wildman–Crippen LogP) is 4.31. The summed E-state index contributed by atoms with van der Waals surface area (Å²) in [6, 6.07) is 13.5. The first-order valence-corrected chi connectivity index (χ1v) is 11.7. The molecule has 3 N–H and O–H groups in total. The lowest BCUT2D eigenvalue weighted by Crippen LogP contribution is -2.54. The molecule has 0 heterocycles. The van der Waals surface area contributed by atoms with Crippen molar-refractivity contribution >= 4 is 18.0 Å². The Morgan fingerprint density at radius 1 is 1.03 bits per heavy atom. The van der Waals surface area contributed by atoms with E-state index >= 15 is 0 Å². The van der Waals surface area contributed by atoms with Crippen LogP contribution in [-0.4, -0.2) is 47.7 Å². The van der Waals surface area contributed by atoms with E-state index in [1.807, 2.05) is 48.5 Å². The lowest BCUT2D eigenvalue weighted by atomic mass is 9.98. The van der Waals surface area contributed by atoms with Crippen LogP contribution in [-0.2, 0) is 14.3 Å². The quantitative estimate of drug-likeness (QED) is 0.464. The number of carboxylic acids is 1. The highest BCUT2D eigenvalue weighted by atomic mass is 19.3. The van der Waals surface area contributed by atoms with Gasteiger partial charge in [-0.25, -0.2) is 9.59 Å². The number of carbonyl (C=O) groups is 3. The molecule has 1 unspecified atom stereocenters. The summed E-state index contributed by atoms with van der Waals surface area (Å²) in [5, 5.41) is 13.6. The van der Waals surface area contributed by atoms with Gasteiger partial charge in [0.2, 0.25) is 5.91 Å². The van der Waals surface area contributed by atoms with E-state index in [4.69, 9.17) is 9.84 Å². The second kappa shape index (κ2) is 10.0. The molecule has 0 saturated heterocycles. The van der Waals surface area contributed by atoms with Crippen LogP contribution in [0.4, 0.5) is 13.6 Å². The van der Waals surface area contributed by atoms with E-state index in [-0.39, 0.29) is 18.9 Å². The molecule has 0 aliphatic heterocycles. The fourth-order valence-corrected chi connectivity index (χ4v) is 4.63. The van der Waals surface area contributed by atoms with Gasteiger partial charge in [-0.15, -0.1) is 0 Å². The van der Waals surface area contributed by atoms with E-state index in [1.54, 1.807) is 6.92 Å². The van der Waals surface area contributed by atoms with Gasteiger partial charge in [0, 0.05) is 18.4 Å². The van der Waals surface area contributed by atoms with Crippen LogP contribution in [0.15, 0.2) is 48.5 Å². The van der Waals surface area contributed by atoms with E-state index in [0.29, 0.717) is 19.3 Å². The Labute approximate surface area is 201 Å². The minimum absolute atomic E-state index is 0.108. The van der Waals surface area contributed by atoms with Gasteiger partial charge in [0.1, 0.15) is 12.6 Å². The Morgan fingerprint density at radius 2 is 1.60 bits per heavy atom. The number of halogens is 2. The summed E-state index contributed by atoms with van der Waals surface area (Å²) in [7, 11) is 0. The molecule has 7 nitrogen and oxygen atoms in total. The maximum Gasteiger partial charge on any atom is 0.407 e. The fourth-order valence-electron chi connectivity index (χ4n) is 4.63.